The van der Waals surface area contributed by atoms with Crippen LogP contribution in [0.15, 0.2) is 24.3 Å². The van der Waals surface area contributed by atoms with E-state index in [0.717, 1.165) is 26.2 Å². The zero-order chi connectivity index (χ0) is 13.0. The third-order valence-corrected chi connectivity index (χ3v) is 3.50. The molecular weight excluding hydrogens is 226 g/mol. The van der Waals surface area contributed by atoms with Gasteiger partial charge in [0, 0.05) is 38.7 Å². The molecule has 1 aromatic carbocycles. The smallest absolute Gasteiger partial charge is 0.0991 e. The standard InChI is InChI=1S/C14H19N3O/c1-18-6-5-17-9-13(14(16)10-17)12-4-2-3-11(7-12)8-15/h2-4,7,13-14H,5-6,9-10,16H2,1H3/t13-,14+/m0/s1. The van der Waals surface area contributed by atoms with Crippen molar-refractivity contribution in [3.63, 3.8) is 0 Å². The number of nitrogens with zero attached hydrogens (tertiary/aromatic N) is 2. The maximum atomic E-state index is 8.93. The average molecular weight is 245 g/mol. The van der Waals surface area contributed by atoms with Crippen LogP contribution in [0.5, 0.6) is 0 Å². The molecule has 1 aliphatic heterocycles. The Bertz CT molecular complexity index is 441. The van der Waals surface area contributed by atoms with Crippen LogP contribution in [0, 0.1) is 11.3 Å². The van der Waals surface area contributed by atoms with Gasteiger partial charge >= 0.3 is 0 Å². The second-order valence-corrected chi connectivity index (χ2v) is 4.76. The molecule has 0 unspecified atom stereocenters. The van der Waals surface area contributed by atoms with E-state index in [9.17, 15) is 0 Å². The minimum atomic E-state index is 0.135. The van der Waals surface area contributed by atoms with Crippen molar-refractivity contribution in [3.8, 4) is 6.07 Å². The van der Waals surface area contributed by atoms with E-state index in [1.807, 2.05) is 18.2 Å². The van der Waals surface area contributed by atoms with Crippen LogP contribution in [0.25, 0.3) is 0 Å². The second-order valence-electron chi connectivity index (χ2n) is 4.76. The number of benzene rings is 1. The summed E-state index contributed by atoms with van der Waals surface area (Å²) in [5.74, 6) is 0.315. The van der Waals surface area contributed by atoms with Crippen molar-refractivity contribution in [2.75, 3.05) is 33.4 Å². The molecule has 0 radical (unpaired) electrons. The zero-order valence-electron chi connectivity index (χ0n) is 10.7. The van der Waals surface area contributed by atoms with E-state index in [0.29, 0.717) is 11.5 Å². The summed E-state index contributed by atoms with van der Waals surface area (Å²) in [4.78, 5) is 2.32. The van der Waals surface area contributed by atoms with E-state index in [-0.39, 0.29) is 6.04 Å². The van der Waals surface area contributed by atoms with Crippen LogP contribution in [0.3, 0.4) is 0 Å². The lowest BCUT2D eigenvalue weighted by molar-refractivity contribution is 0.160. The maximum Gasteiger partial charge on any atom is 0.0991 e. The van der Waals surface area contributed by atoms with Crippen LogP contribution < -0.4 is 5.73 Å². The highest BCUT2D eigenvalue weighted by molar-refractivity contribution is 5.35. The molecule has 4 heteroatoms. The SMILES string of the molecule is COCCN1C[C@@H](N)[C@H](c2cccc(C#N)c2)C1. The molecule has 2 rings (SSSR count). The number of hydrogen-bond donors (Lipinski definition) is 1. The second kappa shape index (κ2) is 5.96. The third kappa shape index (κ3) is 2.88. The van der Waals surface area contributed by atoms with Crippen LogP contribution in [0.2, 0.25) is 0 Å². The normalized spacial score (nSPS) is 24.1. The molecule has 0 spiro atoms. The predicted octanol–water partition coefficient (Wildman–Crippen LogP) is 0.931. The lowest BCUT2D eigenvalue weighted by atomic mass is 9.94. The predicted molar refractivity (Wildman–Crippen MR) is 70.2 cm³/mol. The largest absolute Gasteiger partial charge is 0.383 e. The molecule has 2 N–H and O–H groups in total. The van der Waals surface area contributed by atoms with Crippen molar-refractivity contribution < 1.29 is 4.74 Å². The topological polar surface area (TPSA) is 62.3 Å². The fourth-order valence-electron chi connectivity index (χ4n) is 2.51. The van der Waals surface area contributed by atoms with E-state index < -0.39 is 0 Å². The van der Waals surface area contributed by atoms with Crippen molar-refractivity contribution in [2.45, 2.75) is 12.0 Å². The quantitative estimate of drug-likeness (QED) is 0.857. The Morgan fingerprint density at radius 1 is 1.50 bits per heavy atom. The molecule has 1 heterocycles. The highest BCUT2D eigenvalue weighted by Crippen LogP contribution is 2.26. The fourth-order valence-corrected chi connectivity index (χ4v) is 2.51. The van der Waals surface area contributed by atoms with Gasteiger partial charge in [-0.05, 0) is 17.7 Å². The molecule has 1 fully saturated rings. The van der Waals surface area contributed by atoms with Gasteiger partial charge in [0.15, 0.2) is 0 Å². The number of nitriles is 1. The molecule has 0 bridgehead atoms. The van der Waals surface area contributed by atoms with Gasteiger partial charge in [-0.15, -0.1) is 0 Å². The minimum Gasteiger partial charge on any atom is -0.383 e. The summed E-state index contributed by atoms with van der Waals surface area (Å²) in [6, 6.07) is 10.1. The molecule has 96 valence electrons. The Morgan fingerprint density at radius 2 is 2.33 bits per heavy atom. The van der Waals surface area contributed by atoms with E-state index in [1.165, 1.54) is 5.56 Å². The first-order valence-corrected chi connectivity index (χ1v) is 6.21. The summed E-state index contributed by atoms with van der Waals surface area (Å²) in [5.41, 5.74) is 8.07. The van der Waals surface area contributed by atoms with Gasteiger partial charge in [-0.2, -0.15) is 5.26 Å². The molecule has 4 nitrogen and oxygen atoms in total. The van der Waals surface area contributed by atoms with Gasteiger partial charge in [0.25, 0.3) is 0 Å². The summed E-state index contributed by atoms with van der Waals surface area (Å²) in [7, 11) is 1.71. The molecule has 0 aromatic heterocycles. The number of hydrogen-bond acceptors (Lipinski definition) is 4. The molecule has 18 heavy (non-hydrogen) atoms. The molecule has 0 saturated carbocycles. The van der Waals surface area contributed by atoms with Gasteiger partial charge in [-0.1, -0.05) is 12.1 Å². The Balaban J connectivity index is 2.07. The van der Waals surface area contributed by atoms with E-state index in [1.54, 1.807) is 7.11 Å². The lowest BCUT2D eigenvalue weighted by Gasteiger charge is -2.15. The molecule has 1 aromatic rings. The number of ether oxygens (including phenoxy) is 1. The van der Waals surface area contributed by atoms with Gasteiger partial charge in [-0.3, -0.25) is 4.90 Å². The Labute approximate surface area is 108 Å². The molecule has 0 amide bonds. The number of likely N-dealkylation sites (tertiary alicyclic amines) is 1. The average Bonchev–Trinajstić information content (AvgIpc) is 2.77. The Morgan fingerprint density at radius 3 is 3.06 bits per heavy atom. The molecule has 0 aliphatic carbocycles. The van der Waals surface area contributed by atoms with Crippen molar-refractivity contribution in [2.24, 2.45) is 5.73 Å². The van der Waals surface area contributed by atoms with Crippen LogP contribution in [-0.2, 0) is 4.74 Å². The number of methoxy groups -OCH3 is 1. The number of rotatable bonds is 4. The zero-order valence-corrected chi connectivity index (χ0v) is 10.7. The number of nitrogens with two attached hydrogens (primary N) is 1. The first kappa shape index (κ1) is 13.0. The van der Waals surface area contributed by atoms with Gasteiger partial charge < -0.3 is 10.5 Å². The third-order valence-electron chi connectivity index (χ3n) is 3.50. The van der Waals surface area contributed by atoms with Crippen molar-refractivity contribution in [1.82, 2.24) is 4.90 Å². The summed E-state index contributed by atoms with van der Waals surface area (Å²) in [6.07, 6.45) is 0. The minimum absolute atomic E-state index is 0.135. The Hall–Kier alpha value is -1.41. The molecular formula is C14H19N3O. The van der Waals surface area contributed by atoms with Crippen LogP contribution in [-0.4, -0.2) is 44.3 Å². The molecule has 1 saturated heterocycles. The van der Waals surface area contributed by atoms with E-state index in [2.05, 4.69) is 17.0 Å². The molecule has 1 aliphatic rings. The van der Waals surface area contributed by atoms with Gasteiger partial charge in [-0.25, -0.2) is 0 Å². The van der Waals surface area contributed by atoms with Gasteiger partial charge in [0.1, 0.15) is 0 Å². The van der Waals surface area contributed by atoms with Crippen molar-refractivity contribution in [3.05, 3.63) is 35.4 Å². The lowest BCUT2D eigenvalue weighted by Crippen LogP contribution is -2.30. The van der Waals surface area contributed by atoms with Gasteiger partial charge in [0.2, 0.25) is 0 Å². The van der Waals surface area contributed by atoms with E-state index >= 15 is 0 Å². The first-order chi connectivity index (χ1) is 8.74. The summed E-state index contributed by atoms with van der Waals surface area (Å²) < 4.78 is 5.09. The summed E-state index contributed by atoms with van der Waals surface area (Å²) in [6.45, 7) is 3.49. The van der Waals surface area contributed by atoms with Crippen LogP contribution in [0.1, 0.15) is 17.0 Å². The van der Waals surface area contributed by atoms with Crippen LogP contribution >= 0.6 is 0 Å². The fraction of sp³-hybridized carbons (Fsp3) is 0.500. The highest BCUT2D eigenvalue weighted by atomic mass is 16.5. The molecule has 2 atom stereocenters. The van der Waals surface area contributed by atoms with Gasteiger partial charge in [0.05, 0.1) is 18.2 Å². The van der Waals surface area contributed by atoms with Crippen LogP contribution in [0.4, 0.5) is 0 Å². The highest BCUT2D eigenvalue weighted by Gasteiger charge is 2.30. The first-order valence-electron chi connectivity index (χ1n) is 6.21. The maximum absolute atomic E-state index is 8.93. The summed E-state index contributed by atoms with van der Waals surface area (Å²) >= 11 is 0. The monoisotopic (exact) mass is 245 g/mol. The Kier molecular flexibility index (Phi) is 4.32. The van der Waals surface area contributed by atoms with Crippen molar-refractivity contribution >= 4 is 0 Å². The summed E-state index contributed by atoms with van der Waals surface area (Å²) in [5, 5.41) is 8.93. The van der Waals surface area contributed by atoms with Crippen molar-refractivity contribution in [1.29, 1.82) is 5.26 Å². The van der Waals surface area contributed by atoms with E-state index in [4.69, 9.17) is 15.7 Å².